The highest BCUT2D eigenvalue weighted by atomic mass is 16.5. The summed E-state index contributed by atoms with van der Waals surface area (Å²) in [6, 6.07) is 0. The fourth-order valence-electron chi connectivity index (χ4n) is 2.44. The second kappa shape index (κ2) is 9.49. The van der Waals surface area contributed by atoms with Crippen LogP contribution < -0.4 is 0 Å². The third-order valence-electron chi connectivity index (χ3n) is 3.59. The molecule has 1 saturated carbocycles. The zero-order valence-corrected chi connectivity index (χ0v) is 11.1. The van der Waals surface area contributed by atoms with Crippen LogP contribution in [0.2, 0.25) is 0 Å². The van der Waals surface area contributed by atoms with Gasteiger partial charge in [0.05, 0.1) is 6.61 Å². The molecule has 1 aliphatic rings. The van der Waals surface area contributed by atoms with E-state index in [4.69, 9.17) is 4.74 Å². The number of ether oxygens (including phenoxy) is 1. The Morgan fingerprint density at radius 1 is 1.06 bits per heavy atom. The maximum absolute atomic E-state index is 11.5. The summed E-state index contributed by atoms with van der Waals surface area (Å²) in [4.78, 5) is 11.5. The molecule has 2 nitrogen and oxygen atoms in total. The molecule has 0 aromatic rings. The van der Waals surface area contributed by atoms with E-state index < -0.39 is 0 Å². The summed E-state index contributed by atoms with van der Waals surface area (Å²) in [5.74, 6) is 0.625. The highest BCUT2D eigenvalue weighted by Crippen LogP contribution is 2.23. The van der Waals surface area contributed by atoms with Gasteiger partial charge in [0, 0.05) is 6.42 Å². The Morgan fingerprint density at radius 2 is 1.76 bits per heavy atom. The molecule has 1 rings (SSSR count). The lowest BCUT2D eigenvalue weighted by molar-refractivity contribution is -0.145. The van der Waals surface area contributed by atoms with E-state index in [1.54, 1.807) is 0 Å². The normalized spacial score (nSPS) is 17.7. The second-order valence-corrected chi connectivity index (χ2v) is 5.20. The smallest absolute Gasteiger partial charge is 0.305 e. The van der Waals surface area contributed by atoms with Gasteiger partial charge in [-0.1, -0.05) is 51.9 Å². The minimum Gasteiger partial charge on any atom is -0.465 e. The predicted molar refractivity (Wildman–Crippen MR) is 70.6 cm³/mol. The van der Waals surface area contributed by atoms with Crippen LogP contribution in [0.25, 0.3) is 0 Å². The number of carbonyl (C=O) groups is 1. The maximum atomic E-state index is 11.5. The van der Waals surface area contributed by atoms with Crippen LogP contribution >= 0.6 is 0 Å². The van der Waals surface area contributed by atoms with Gasteiger partial charge in [-0.05, 0) is 25.2 Å². The molecule has 0 aliphatic heterocycles. The van der Waals surface area contributed by atoms with E-state index in [1.165, 1.54) is 38.5 Å². The fraction of sp³-hybridized carbons (Fsp3) is 0.867. The lowest BCUT2D eigenvalue weighted by Gasteiger charge is -2.13. The minimum absolute atomic E-state index is 0.00157. The van der Waals surface area contributed by atoms with Gasteiger partial charge in [0.15, 0.2) is 0 Å². The Bertz CT molecular complexity index is 193. The summed E-state index contributed by atoms with van der Waals surface area (Å²) in [6.07, 6.45) is 12.6. The highest BCUT2D eigenvalue weighted by Gasteiger charge is 2.14. The van der Waals surface area contributed by atoms with E-state index in [9.17, 15) is 4.79 Å². The summed E-state index contributed by atoms with van der Waals surface area (Å²) in [5, 5.41) is 0. The summed E-state index contributed by atoms with van der Waals surface area (Å²) in [7, 11) is 0. The first-order valence-electron chi connectivity index (χ1n) is 7.28. The maximum Gasteiger partial charge on any atom is 0.305 e. The van der Waals surface area contributed by atoms with Crippen molar-refractivity contribution >= 4 is 5.97 Å². The number of carbonyl (C=O) groups excluding carboxylic acids is 1. The number of unbranched alkanes of at least 4 members (excludes halogenated alkanes) is 3. The molecule has 0 bridgehead atoms. The SMILES string of the molecule is [CH2]CCCCCC(=O)OCC1CCCCCC1. The van der Waals surface area contributed by atoms with Gasteiger partial charge < -0.3 is 4.74 Å². The quantitative estimate of drug-likeness (QED) is 0.376. The van der Waals surface area contributed by atoms with Crippen LogP contribution in [0.5, 0.6) is 0 Å². The average molecular weight is 239 g/mol. The zero-order chi connectivity index (χ0) is 12.3. The highest BCUT2D eigenvalue weighted by molar-refractivity contribution is 5.69. The van der Waals surface area contributed by atoms with Crippen molar-refractivity contribution in [3.8, 4) is 0 Å². The van der Waals surface area contributed by atoms with Crippen molar-refractivity contribution in [3.05, 3.63) is 6.92 Å². The topological polar surface area (TPSA) is 26.3 Å². The Balaban J connectivity index is 2.01. The lowest BCUT2D eigenvalue weighted by Crippen LogP contribution is -2.13. The van der Waals surface area contributed by atoms with E-state index >= 15 is 0 Å². The van der Waals surface area contributed by atoms with Crippen LogP contribution in [0.4, 0.5) is 0 Å². The van der Waals surface area contributed by atoms with Gasteiger partial charge in [0.2, 0.25) is 0 Å². The molecule has 1 fully saturated rings. The van der Waals surface area contributed by atoms with Crippen LogP contribution in [-0.4, -0.2) is 12.6 Å². The van der Waals surface area contributed by atoms with Crippen molar-refractivity contribution in [1.82, 2.24) is 0 Å². The van der Waals surface area contributed by atoms with Gasteiger partial charge in [0.1, 0.15) is 0 Å². The molecule has 1 aliphatic carbocycles. The Hall–Kier alpha value is -0.530. The van der Waals surface area contributed by atoms with E-state index in [2.05, 4.69) is 6.92 Å². The molecule has 2 heteroatoms. The Labute approximate surface area is 106 Å². The molecule has 17 heavy (non-hydrogen) atoms. The number of hydrogen-bond donors (Lipinski definition) is 0. The van der Waals surface area contributed by atoms with E-state index in [1.807, 2.05) is 0 Å². The standard InChI is InChI=1S/C15H27O2/c1-2-3-4-9-12-15(16)17-13-14-10-7-5-6-8-11-14/h14H,1-13H2. The Kier molecular flexibility index (Phi) is 8.12. The molecule has 0 aromatic carbocycles. The monoisotopic (exact) mass is 239 g/mol. The van der Waals surface area contributed by atoms with E-state index in [0.717, 1.165) is 25.7 Å². The zero-order valence-electron chi connectivity index (χ0n) is 11.1. The van der Waals surface area contributed by atoms with Crippen molar-refractivity contribution in [2.24, 2.45) is 5.92 Å². The van der Waals surface area contributed by atoms with E-state index in [-0.39, 0.29) is 5.97 Å². The third kappa shape index (κ3) is 7.40. The molecule has 0 heterocycles. The molecular formula is C15H27O2. The molecule has 0 atom stereocenters. The van der Waals surface area contributed by atoms with Crippen LogP contribution in [0.1, 0.15) is 70.6 Å². The Morgan fingerprint density at radius 3 is 2.41 bits per heavy atom. The summed E-state index contributed by atoms with van der Waals surface area (Å²) in [6.45, 7) is 4.45. The molecular weight excluding hydrogens is 212 g/mol. The van der Waals surface area contributed by atoms with Gasteiger partial charge in [-0.2, -0.15) is 0 Å². The van der Waals surface area contributed by atoms with Crippen LogP contribution in [0.3, 0.4) is 0 Å². The minimum atomic E-state index is -0.00157. The molecule has 0 spiro atoms. The first-order chi connectivity index (χ1) is 8.33. The molecule has 1 radical (unpaired) electrons. The van der Waals surface area contributed by atoms with Gasteiger partial charge >= 0.3 is 5.97 Å². The van der Waals surface area contributed by atoms with Gasteiger partial charge in [-0.3, -0.25) is 4.79 Å². The van der Waals surface area contributed by atoms with Crippen molar-refractivity contribution in [3.63, 3.8) is 0 Å². The first kappa shape index (κ1) is 14.5. The first-order valence-corrected chi connectivity index (χ1v) is 7.28. The van der Waals surface area contributed by atoms with Crippen LogP contribution in [0.15, 0.2) is 0 Å². The summed E-state index contributed by atoms with van der Waals surface area (Å²) >= 11 is 0. The second-order valence-electron chi connectivity index (χ2n) is 5.20. The number of hydrogen-bond acceptors (Lipinski definition) is 2. The number of rotatable bonds is 7. The van der Waals surface area contributed by atoms with Crippen LogP contribution in [-0.2, 0) is 9.53 Å². The molecule has 0 N–H and O–H groups in total. The fourth-order valence-corrected chi connectivity index (χ4v) is 2.44. The van der Waals surface area contributed by atoms with Crippen LogP contribution in [0, 0.1) is 12.8 Å². The molecule has 0 aromatic heterocycles. The molecule has 0 amide bonds. The molecule has 0 unspecified atom stereocenters. The van der Waals surface area contributed by atoms with Gasteiger partial charge in [0.25, 0.3) is 0 Å². The van der Waals surface area contributed by atoms with Crippen molar-refractivity contribution in [2.75, 3.05) is 6.61 Å². The van der Waals surface area contributed by atoms with Crippen molar-refractivity contribution in [2.45, 2.75) is 70.6 Å². The van der Waals surface area contributed by atoms with Gasteiger partial charge in [-0.25, -0.2) is 0 Å². The predicted octanol–water partition coefficient (Wildman–Crippen LogP) is 4.28. The van der Waals surface area contributed by atoms with E-state index in [0.29, 0.717) is 18.9 Å². The largest absolute Gasteiger partial charge is 0.465 e. The summed E-state index contributed by atoms with van der Waals surface area (Å²) < 4.78 is 5.36. The van der Waals surface area contributed by atoms with Crippen molar-refractivity contribution in [1.29, 1.82) is 0 Å². The lowest BCUT2D eigenvalue weighted by atomic mass is 10.0. The van der Waals surface area contributed by atoms with Crippen molar-refractivity contribution < 1.29 is 9.53 Å². The third-order valence-corrected chi connectivity index (χ3v) is 3.59. The molecule has 99 valence electrons. The number of esters is 1. The summed E-state index contributed by atoms with van der Waals surface area (Å²) in [5.41, 5.74) is 0. The average Bonchev–Trinajstić information content (AvgIpc) is 2.60. The van der Waals surface area contributed by atoms with Gasteiger partial charge in [-0.15, -0.1) is 0 Å². The molecule has 0 saturated heterocycles.